The molecule has 53 heavy (non-hydrogen) atoms. The van der Waals surface area contributed by atoms with Crippen LogP contribution < -0.4 is 0 Å². The summed E-state index contributed by atoms with van der Waals surface area (Å²) in [6.07, 6.45) is 15.2. The number of hydrogen-bond acceptors (Lipinski definition) is 6. The van der Waals surface area contributed by atoms with Gasteiger partial charge in [-0.1, -0.05) is 120 Å². The van der Waals surface area contributed by atoms with Crippen LogP contribution in [0.4, 0.5) is 0 Å². The van der Waals surface area contributed by atoms with Gasteiger partial charge in [-0.05, 0) is 74.3 Å². The van der Waals surface area contributed by atoms with Gasteiger partial charge in [0.25, 0.3) is 0 Å². The van der Waals surface area contributed by atoms with Gasteiger partial charge in [-0.15, -0.1) is 29.8 Å². The van der Waals surface area contributed by atoms with Gasteiger partial charge in [0, 0.05) is 54.4 Å². The summed E-state index contributed by atoms with van der Waals surface area (Å²) in [6, 6.07) is 33.1. The SMILES string of the molecule is CCCCc1ccc(-c2nc(-c3ccc(CCCC)cc3)nc(-c3ccc(-c4[c-]cc(-c5nc(CCCC)cc(CCCC)n5)cc4)nc3)n2)cc1.[Ir]. The molecule has 0 atom stereocenters. The summed E-state index contributed by atoms with van der Waals surface area (Å²) in [5.41, 5.74) is 10.4. The van der Waals surface area contributed by atoms with Gasteiger partial charge in [-0.3, -0.25) is 0 Å². The molecule has 275 valence electrons. The minimum absolute atomic E-state index is 0. The van der Waals surface area contributed by atoms with Crippen molar-refractivity contribution in [3.63, 3.8) is 0 Å². The predicted octanol–water partition coefficient (Wildman–Crippen LogP) is 11.6. The number of aromatic nitrogens is 6. The summed E-state index contributed by atoms with van der Waals surface area (Å²) in [6.45, 7) is 8.88. The molecule has 6 aromatic rings. The van der Waals surface area contributed by atoms with Crippen molar-refractivity contribution in [2.45, 2.75) is 105 Å². The fourth-order valence-corrected chi connectivity index (χ4v) is 6.23. The maximum Gasteiger partial charge on any atom is 0.165 e. The monoisotopic (exact) mass is 880 g/mol. The Morgan fingerprint density at radius 3 is 1.32 bits per heavy atom. The zero-order valence-electron chi connectivity index (χ0n) is 31.7. The van der Waals surface area contributed by atoms with E-state index in [0.29, 0.717) is 17.5 Å². The smallest absolute Gasteiger partial charge is 0.165 e. The normalized spacial score (nSPS) is 11.0. The number of hydrogen-bond donors (Lipinski definition) is 0. The van der Waals surface area contributed by atoms with E-state index in [9.17, 15) is 0 Å². The minimum Gasteiger partial charge on any atom is -0.304 e. The van der Waals surface area contributed by atoms with Gasteiger partial charge in [0.15, 0.2) is 17.5 Å². The Hall–Kier alpha value is -4.45. The van der Waals surface area contributed by atoms with Gasteiger partial charge < -0.3 is 4.98 Å². The van der Waals surface area contributed by atoms with E-state index in [0.717, 1.165) is 102 Å². The summed E-state index contributed by atoms with van der Waals surface area (Å²) in [7, 11) is 0. The molecule has 3 aromatic heterocycles. The molecule has 7 heteroatoms. The van der Waals surface area contributed by atoms with Crippen molar-refractivity contribution in [1.82, 2.24) is 29.9 Å². The van der Waals surface area contributed by atoms with Gasteiger partial charge >= 0.3 is 0 Å². The third-order valence-electron chi connectivity index (χ3n) is 9.47. The first-order valence-corrected chi connectivity index (χ1v) is 19.4. The fourth-order valence-electron chi connectivity index (χ4n) is 6.23. The fraction of sp³-hybridized carbons (Fsp3) is 0.348. The van der Waals surface area contributed by atoms with Crippen LogP contribution in [-0.4, -0.2) is 29.9 Å². The first-order chi connectivity index (χ1) is 25.6. The quantitative estimate of drug-likeness (QED) is 0.0850. The van der Waals surface area contributed by atoms with Crippen LogP contribution >= 0.6 is 0 Å². The molecule has 0 fully saturated rings. The Balaban J connectivity index is 0.00000541. The molecule has 6 nitrogen and oxygen atoms in total. The van der Waals surface area contributed by atoms with Crippen LogP contribution in [0.3, 0.4) is 0 Å². The summed E-state index contributed by atoms with van der Waals surface area (Å²) in [5, 5.41) is 0. The van der Waals surface area contributed by atoms with Crippen molar-refractivity contribution in [3.05, 3.63) is 120 Å². The number of aryl methyl sites for hydroxylation is 4. The molecule has 0 aliphatic carbocycles. The molecular formula is C46H51IrN6-. The van der Waals surface area contributed by atoms with E-state index >= 15 is 0 Å². The molecule has 0 unspecified atom stereocenters. The van der Waals surface area contributed by atoms with E-state index in [1.807, 2.05) is 24.4 Å². The van der Waals surface area contributed by atoms with Crippen molar-refractivity contribution in [3.8, 4) is 56.8 Å². The Morgan fingerprint density at radius 2 is 0.887 bits per heavy atom. The Bertz CT molecular complexity index is 1910. The second kappa shape index (κ2) is 20.1. The molecule has 6 rings (SSSR count). The maximum absolute atomic E-state index is 4.96. The van der Waals surface area contributed by atoms with E-state index in [2.05, 4.69) is 100 Å². The van der Waals surface area contributed by atoms with Crippen molar-refractivity contribution in [2.24, 2.45) is 0 Å². The number of unbranched alkanes of at least 4 members (excludes halogenated alkanes) is 4. The third-order valence-corrected chi connectivity index (χ3v) is 9.47. The van der Waals surface area contributed by atoms with Crippen LogP contribution in [0.15, 0.2) is 91.1 Å². The number of pyridine rings is 1. The van der Waals surface area contributed by atoms with Crippen molar-refractivity contribution >= 4 is 0 Å². The van der Waals surface area contributed by atoms with E-state index < -0.39 is 0 Å². The largest absolute Gasteiger partial charge is 0.304 e. The third kappa shape index (κ3) is 10.8. The van der Waals surface area contributed by atoms with Crippen molar-refractivity contribution in [1.29, 1.82) is 0 Å². The zero-order valence-corrected chi connectivity index (χ0v) is 34.1. The summed E-state index contributed by atoms with van der Waals surface area (Å²) >= 11 is 0. The van der Waals surface area contributed by atoms with E-state index in [1.165, 1.54) is 36.8 Å². The number of nitrogens with zero attached hydrogens (tertiary/aromatic N) is 6. The molecule has 3 aromatic carbocycles. The molecule has 0 saturated heterocycles. The standard InChI is InChI=1S/C46H51N6.Ir/c1-5-9-13-33-17-21-36(22-18-33)44-50-45(37-23-19-34(20-24-37)14-10-6-2)52-46(51-44)39-29-30-42(47-32-39)35-25-27-38(28-26-35)43-48-40(15-11-7-3)31-41(49-43)16-12-8-4;/h17-25,27-32H,5-16H2,1-4H3;/q-1;. The van der Waals surface area contributed by atoms with Gasteiger partial charge in [-0.25, -0.2) is 24.9 Å². The summed E-state index contributed by atoms with van der Waals surface area (Å²) < 4.78 is 0. The minimum atomic E-state index is 0. The second-order valence-electron chi connectivity index (χ2n) is 13.7. The number of benzene rings is 3. The Morgan fingerprint density at radius 1 is 0.453 bits per heavy atom. The molecule has 3 heterocycles. The van der Waals surface area contributed by atoms with Gasteiger partial charge in [-0.2, -0.15) is 0 Å². The topological polar surface area (TPSA) is 77.3 Å². The first-order valence-electron chi connectivity index (χ1n) is 19.4. The van der Waals surface area contributed by atoms with Crippen LogP contribution in [0.1, 0.15) is 102 Å². The molecule has 0 aliphatic rings. The zero-order chi connectivity index (χ0) is 36.1. The van der Waals surface area contributed by atoms with Crippen LogP contribution in [0.5, 0.6) is 0 Å². The number of rotatable bonds is 17. The molecule has 0 saturated carbocycles. The summed E-state index contributed by atoms with van der Waals surface area (Å²) in [4.78, 5) is 29.6. The first kappa shape index (κ1) is 39.8. The van der Waals surface area contributed by atoms with Crippen LogP contribution in [0, 0.1) is 6.07 Å². The van der Waals surface area contributed by atoms with E-state index in [-0.39, 0.29) is 20.1 Å². The molecule has 1 radical (unpaired) electrons. The average molecular weight is 880 g/mol. The second-order valence-corrected chi connectivity index (χ2v) is 13.7. The molecule has 0 spiro atoms. The predicted molar refractivity (Wildman–Crippen MR) is 214 cm³/mol. The Kier molecular flexibility index (Phi) is 15.1. The van der Waals surface area contributed by atoms with Gasteiger partial charge in [0.2, 0.25) is 0 Å². The van der Waals surface area contributed by atoms with Crippen LogP contribution in [0.25, 0.3) is 56.8 Å². The molecule has 0 N–H and O–H groups in total. The van der Waals surface area contributed by atoms with E-state index in [1.54, 1.807) is 0 Å². The van der Waals surface area contributed by atoms with Crippen molar-refractivity contribution < 1.29 is 20.1 Å². The molecule has 0 amide bonds. The maximum atomic E-state index is 4.96. The van der Waals surface area contributed by atoms with Crippen LogP contribution in [0.2, 0.25) is 0 Å². The Labute approximate surface area is 329 Å². The van der Waals surface area contributed by atoms with Crippen LogP contribution in [-0.2, 0) is 45.8 Å². The average Bonchev–Trinajstić information content (AvgIpc) is 3.21. The molecule has 0 aliphatic heterocycles. The summed E-state index contributed by atoms with van der Waals surface area (Å²) in [5.74, 6) is 2.69. The van der Waals surface area contributed by atoms with Crippen molar-refractivity contribution in [2.75, 3.05) is 0 Å². The van der Waals surface area contributed by atoms with Gasteiger partial charge in [0.05, 0.1) is 0 Å². The molecular weight excluding hydrogens is 829 g/mol. The molecule has 0 bridgehead atoms. The van der Waals surface area contributed by atoms with E-state index in [4.69, 9.17) is 29.9 Å². The van der Waals surface area contributed by atoms with Gasteiger partial charge in [0.1, 0.15) is 5.82 Å².